The van der Waals surface area contributed by atoms with Gasteiger partial charge in [-0.3, -0.25) is 4.79 Å². The number of hydrogen-bond acceptors (Lipinski definition) is 5. The third kappa shape index (κ3) is 5.90. The zero-order chi connectivity index (χ0) is 20.7. The molecule has 0 aliphatic carbocycles. The number of nitrogens with one attached hydrogen (secondary N) is 1. The topological polar surface area (TPSA) is 92.8 Å². The number of sulfonamides is 1. The molecule has 1 aliphatic heterocycles. The van der Waals surface area contributed by atoms with Crippen LogP contribution in [0.1, 0.15) is 32.3 Å². The summed E-state index contributed by atoms with van der Waals surface area (Å²) in [5, 5.41) is 3.94. The molecule has 0 unspecified atom stereocenters. The third-order valence-corrected chi connectivity index (χ3v) is 6.40. The van der Waals surface area contributed by atoms with E-state index in [0.29, 0.717) is 12.8 Å². The number of nitrogens with zero attached hydrogens (tertiary/aromatic N) is 1. The zero-order valence-electron chi connectivity index (χ0n) is 16.5. The number of hydrogen-bond donors (Lipinski definition) is 1. The molecule has 0 radical (unpaired) electrons. The number of ether oxygens (including phenoxy) is 1. The number of piperidine rings is 1. The van der Waals surface area contributed by atoms with Gasteiger partial charge in [0.2, 0.25) is 15.9 Å². The minimum Gasteiger partial charge on any atom is -0.467 e. The van der Waals surface area contributed by atoms with Crippen molar-refractivity contribution in [3.63, 3.8) is 0 Å². The summed E-state index contributed by atoms with van der Waals surface area (Å²) in [4.78, 5) is 24.3. The lowest BCUT2D eigenvalue weighted by atomic mass is 9.95. The van der Waals surface area contributed by atoms with Gasteiger partial charge < -0.3 is 10.1 Å². The number of methoxy groups -OCH3 is 1. The van der Waals surface area contributed by atoms with Gasteiger partial charge in [-0.2, -0.15) is 4.31 Å². The van der Waals surface area contributed by atoms with Crippen LogP contribution in [-0.2, 0) is 24.3 Å². The molecule has 1 aliphatic rings. The quantitative estimate of drug-likeness (QED) is 0.697. The molecular weight excluding hydrogens is 380 g/mol. The summed E-state index contributed by atoms with van der Waals surface area (Å²) in [6.07, 6.45) is 2.39. The number of rotatable bonds is 7. The molecule has 28 heavy (non-hydrogen) atoms. The van der Waals surface area contributed by atoms with Gasteiger partial charge in [0, 0.05) is 24.4 Å². The van der Waals surface area contributed by atoms with E-state index >= 15 is 0 Å². The Hall–Kier alpha value is -2.19. The molecule has 8 heteroatoms. The van der Waals surface area contributed by atoms with Crippen LogP contribution < -0.4 is 5.32 Å². The standard InChI is InChI=1S/C20H28N2O5S/c1-15(2)18(20(24)27-3)21-19(23)17-9-12-22(13-10-17)28(25,26)14-11-16-7-5-4-6-8-16/h4-8,11,14-15,17-18H,9-10,12-13H2,1-3H3,(H,21,23)/b14-11+/t18-/m0/s1. The molecule has 0 spiro atoms. The molecule has 1 aromatic carbocycles. The zero-order valence-corrected chi connectivity index (χ0v) is 17.3. The monoisotopic (exact) mass is 408 g/mol. The minimum absolute atomic E-state index is 0.0972. The lowest BCUT2D eigenvalue weighted by Gasteiger charge is -2.31. The van der Waals surface area contributed by atoms with Gasteiger partial charge in [0.05, 0.1) is 7.11 Å². The van der Waals surface area contributed by atoms with Crippen LogP contribution in [0.4, 0.5) is 0 Å². The van der Waals surface area contributed by atoms with Gasteiger partial charge in [0.15, 0.2) is 0 Å². The highest BCUT2D eigenvalue weighted by Crippen LogP contribution is 2.21. The average Bonchev–Trinajstić information content (AvgIpc) is 2.70. The number of carbonyl (C=O) groups is 2. The predicted octanol–water partition coefficient (Wildman–Crippen LogP) is 2.01. The van der Waals surface area contributed by atoms with E-state index < -0.39 is 22.0 Å². The van der Waals surface area contributed by atoms with Crippen molar-refractivity contribution in [1.82, 2.24) is 9.62 Å². The second-order valence-corrected chi connectivity index (χ2v) is 9.00. The van der Waals surface area contributed by atoms with Crippen LogP contribution in [0, 0.1) is 11.8 Å². The molecule has 1 N–H and O–H groups in total. The first-order chi connectivity index (χ1) is 13.2. The number of amides is 1. The van der Waals surface area contributed by atoms with E-state index in [1.165, 1.54) is 16.8 Å². The van der Waals surface area contributed by atoms with Gasteiger partial charge in [-0.15, -0.1) is 0 Å². The van der Waals surface area contributed by atoms with Gasteiger partial charge in [0.1, 0.15) is 6.04 Å². The summed E-state index contributed by atoms with van der Waals surface area (Å²) in [6.45, 7) is 4.19. The van der Waals surface area contributed by atoms with Gasteiger partial charge >= 0.3 is 5.97 Å². The minimum atomic E-state index is -3.54. The Morgan fingerprint density at radius 1 is 1.18 bits per heavy atom. The molecule has 1 aromatic rings. The fourth-order valence-electron chi connectivity index (χ4n) is 3.08. The van der Waals surface area contributed by atoms with Crippen LogP contribution in [-0.4, -0.2) is 50.8 Å². The van der Waals surface area contributed by atoms with E-state index in [1.807, 2.05) is 44.2 Å². The van der Waals surface area contributed by atoms with Crippen molar-refractivity contribution in [3.8, 4) is 0 Å². The van der Waals surface area contributed by atoms with E-state index in [2.05, 4.69) is 5.32 Å². The van der Waals surface area contributed by atoms with Crippen LogP contribution in [0.25, 0.3) is 6.08 Å². The number of benzene rings is 1. The molecule has 154 valence electrons. The predicted molar refractivity (Wildman–Crippen MR) is 107 cm³/mol. The smallest absolute Gasteiger partial charge is 0.328 e. The SMILES string of the molecule is COC(=O)[C@@H](NC(=O)C1CCN(S(=O)(=O)/C=C/c2ccccc2)CC1)C(C)C. The maximum atomic E-state index is 12.5. The molecule has 0 saturated carbocycles. The van der Waals surface area contributed by atoms with Crippen LogP contribution in [0.5, 0.6) is 0 Å². The van der Waals surface area contributed by atoms with Gasteiger partial charge in [0.25, 0.3) is 0 Å². The average molecular weight is 409 g/mol. The molecular formula is C20H28N2O5S. The Balaban J connectivity index is 1.93. The Kier molecular flexibility index (Phi) is 7.77. The molecule has 1 heterocycles. The summed E-state index contributed by atoms with van der Waals surface area (Å²) < 4.78 is 31.1. The maximum absolute atomic E-state index is 12.5. The summed E-state index contributed by atoms with van der Waals surface area (Å²) in [5.41, 5.74) is 0.808. The van der Waals surface area contributed by atoms with Crippen LogP contribution >= 0.6 is 0 Å². The molecule has 7 nitrogen and oxygen atoms in total. The Morgan fingerprint density at radius 2 is 1.79 bits per heavy atom. The van der Waals surface area contributed by atoms with E-state index in [-0.39, 0.29) is 30.8 Å². The lowest BCUT2D eigenvalue weighted by Crippen LogP contribution is -2.49. The fourth-order valence-corrected chi connectivity index (χ4v) is 4.30. The largest absolute Gasteiger partial charge is 0.467 e. The Bertz CT molecular complexity index is 797. The highest BCUT2D eigenvalue weighted by molar-refractivity contribution is 7.92. The lowest BCUT2D eigenvalue weighted by molar-refractivity contribution is -0.147. The molecule has 0 aromatic heterocycles. The van der Waals surface area contributed by atoms with Gasteiger partial charge in [-0.1, -0.05) is 44.2 Å². The van der Waals surface area contributed by atoms with E-state index in [9.17, 15) is 18.0 Å². The number of esters is 1. The van der Waals surface area contributed by atoms with Crippen molar-refractivity contribution in [2.45, 2.75) is 32.7 Å². The summed E-state index contributed by atoms with van der Waals surface area (Å²) in [6, 6.07) is 8.51. The molecule has 1 amide bonds. The van der Waals surface area contributed by atoms with E-state index in [4.69, 9.17) is 4.74 Å². The maximum Gasteiger partial charge on any atom is 0.328 e. The first kappa shape index (κ1) is 22.1. The van der Waals surface area contributed by atoms with Crippen LogP contribution in [0.2, 0.25) is 0 Å². The molecule has 2 rings (SSSR count). The Morgan fingerprint density at radius 3 is 2.32 bits per heavy atom. The summed E-state index contributed by atoms with van der Waals surface area (Å²) in [7, 11) is -2.25. The van der Waals surface area contributed by atoms with Crippen molar-refractivity contribution in [2.24, 2.45) is 11.8 Å². The van der Waals surface area contributed by atoms with E-state index in [0.717, 1.165) is 5.56 Å². The first-order valence-electron chi connectivity index (χ1n) is 9.36. The third-order valence-electron chi connectivity index (χ3n) is 4.84. The molecule has 1 fully saturated rings. The second-order valence-electron chi connectivity index (χ2n) is 7.19. The van der Waals surface area contributed by atoms with Gasteiger partial charge in [-0.05, 0) is 30.4 Å². The molecule has 1 saturated heterocycles. The van der Waals surface area contributed by atoms with Crippen molar-refractivity contribution in [3.05, 3.63) is 41.3 Å². The van der Waals surface area contributed by atoms with Crippen molar-refractivity contribution >= 4 is 28.0 Å². The summed E-state index contributed by atoms with van der Waals surface area (Å²) >= 11 is 0. The molecule has 1 atom stereocenters. The second kappa shape index (κ2) is 9.84. The summed E-state index contributed by atoms with van der Waals surface area (Å²) in [5.74, 6) is -1.13. The Labute approximate surface area is 166 Å². The van der Waals surface area contributed by atoms with Crippen LogP contribution in [0.3, 0.4) is 0 Å². The van der Waals surface area contributed by atoms with Gasteiger partial charge in [-0.25, -0.2) is 13.2 Å². The first-order valence-corrected chi connectivity index (χ1v) is 10.9. The van der Waals surface area contributed by atoms with Crippen molar-refractivity contribution in [1.29, 1.82) is 0 Å². The van der Waals surface area contributed by atoms with E-state index in [1.54, 1.807) is 6.08 Å². The number of carbonyl (C=O) groups excluding carboxylic acids is 2. The van der Waals surface area contributed by atoms with Crippen molar-refractivity contribution < 1.29 is 22.7 Å². The molecule has 0 bridgehead atoms. The highest BCUT2D eigenvalue weighted by atomic mass is 32.2. The van der Waals surface area contributed by atoms with Crippen molar-refractivity contribution in [2.75, 3.05) is 20.2 Å². The fraction of sp³-hybridized carbons (Fsp3) is 0.500. The van der Waals surface area contributed by atoms with Crippen LogP contribution in [0.15, 0.2) is 35.7 Å². The normalized spacial score (nSPS) is 17.6. The highest BCUT2D eigenvalue weighted by Gasteiger charge is 2.33.